The molecular weight excluding hydrogens is 368 g/mol. The molecule has 0 radical (unpaired) electrons. The van der Waals surface area contributed by atoms with Gasteiger partial charge in [-0.2, -0.15) is 0 Å². The molecule has 2 aromatic carbocycles. The van der Waals surface area contributed by atoms with E-state index in [1.807, 2.05) is 0 Å². The van der Waals surface area contributed by atoms with Crippen LogP contribution in [0, 0.1) is 0 Å². The van der Waals surface area contributed by atoms with Crippen molar-refractivity contribution in [1.29, 1.82) is 0 Å². The largest absolute Gasteiger partial charge is 0.497 e. The maximum absolute atomic E-state index is 12.5. The maximum Gasteiger partial charge on any atom is 0.255 e. The summed E-state index contributed by atoms with van der Waals surface area (Å²) >= 11 is 0. The van der Waals surface area contributed by atoms with E-state index in [1.165, 1.54) is 7.11 Å². The number of nitrogen functional groups attached to an aromatic ring is 1. The normalized spacial score (nSPS) is 11.7. The average molecular weight is 388 g/mol. The van der Waals surface area contributed by atoms with Crippen LogP contribution in [-0.2, 0) is 10.0 Å². The Kier molecular flexibility index (Phi) is 4.79. The zero-order chi connectivity index (χ0) is 19.8. The van der Waals surface area contributed by atoms with Gasteiger partial charge in [-0.25, -0.2) is 17.4 Å². The fourth-order valence-electron chi connectivity index (χ4n) is 2.60. The predicted molar refractivity (Wildman–Crippen MR) is 105 cm³/mol. The van der Waals surface area contributed by atoms with Crippen LogP contribution in [0.3, 0.4) is 0 Å². The molecule has 27 heavy (non-hydrogen) atoms. The highest BCUT2D eigenvalue weighted by Crippen LogP contribution is 2.25. The van der Waals surface area contributed by atoms with Gasteiger partial charge in [0.2, 0.25) is 16.0 Å². The van der Waals surface area contributed by atoms with E-state index in [2.05, 4.69) is 10.3 Å². The number of carbonyl (C=O) groups is 1. The minimum absolute atomic E-state index is 0.116. The maximum atomic E-state index is 12.5. The summed E-state index contributed by atoms with van der Waals surface area (Å²) < 4.78 is 31.1. The number of amides is 1. The molecule has 1 aromatic heterocycles. The van der Waals surface area contributed by atoms with Crippen LogP contribution in [0.4, 0.5) is 11.6 Å². The number of hydrogen-bond donors (Lipinski definition) is 2. The van der Waals surface area contributed by atoms with Crippen LogP contribution in [-0.4, -0.2) is 35.6 Å². The number of nitrogens with zero attached hydrogens (tertiary/aromatic N) is 2. The average Bonchev–Trinajstić information content (AvgIpc) is 2.97. The van der Waals surface area contributed by atoms with Gasteiger partial charge in [-0.15, -0.1) is 0 Å². The zero-order valence-electron chi connectivity index (χ0n) is 15.1. The Hall–Kier alpha value is -3.07. The Balaban J connectivity index is 1.95. The van der Waals surface area contributed by atoms with E-state index in [9.17, 15) is 13.2 Å². The first-order valence-corrected chi connectivity index (χ1v) is 9.72. The third-order valence-electron chi connectivity index (χ3n) is 4.08. The van der Waals surface area contributed by atoms with Gasteiger partial charge in [-0.3, -0.25) is 4.79 Å². The number of carbonyl (C=O) groups excluding carboxylic acids is 1. The van der Waals surface area contributed by atoms with E-state index in [0.29, 0.717) is 28.0 Å². The minimum Gasteiger partial charge on any atom is -0.497 e. The number of nitrogens with two attached hydrogens (primary N) is 1. The first-order valence-electron chi connectivity index (χ1n) is 8.22. The molecular formula is C18H20N4O4S. The van der Waals surface area contributed by atoms with Gasteiger partial charge in [0, 0.05) is 11.3 Å². The van der Waals surface area contributed by atoms with Crippen molar-refractivity contribution in [1.82, 2.24) is 8.96 Å². The van der Waals surface area contributed by atoms with Crippen molar-refractivity contribution in [3.05, 3.63) is 48.0 Å². The molecule has 1 heterocycles. The molecule has 0 saturated carbocycles. The second kappa shape index (κ2) is 6.92. The molecule has 3 N–H and O–H groups in total. The van der Waals surface area contributed by atoms with Crippen LogP contribution < -0.4 is 15.8 Å². The molecule has 0 spiro atoms. The first kappa shape index (κ1) is 18.7. The number of nitrogens with one attached hydrogen (secondary N) is 1. The predicted octanol–water partition coefficient (Wildman–Crippen LogP) is 2.47. The lowest BCUT2D eigenvalue weighted by Gasteiger charge is -2.11. The highest BCUT2D eigenvalue weighted by molar-refractivity contribution is 7.90. The molecule has 3 aromatic rings. The van der Waals surface area contributed by atoms with Gasteiger partial charge < -0.3 is 15.8 Å². The molecule has 0 aliphatic heterocycles. The van der Waals surface area contributed by atoms with E-state index >= 15 is 0 Å². The zero-order valence-corrected chi connectivity index (χ0v) is 15.9. The molecule has 1 amide bonds. The number of anilines is 2. The summed E-state index contributed by atoms with van der Waals surface area (Å²) in [4.78, 5) is 16.5. The molecule has 0 bridgehead atoms. The Morgan fingerprint density at radius 1 is 1.22 bits per heavy atom. The summed E-state index contributed by atoms with van der Waals surface area (Å²) in [5, 5.41) is 2.11. The van der Waals surface area contributed by atoms with E-state index < -0.39 is 15.3 Å². The van der Waals surface area contributed by atoms with Crippen LogP contribution in [0.15, 0.2) is 42.5 Å². The summed E-state index contributed by atoms with van der Waals surface area (Å²) in [5.74, 6) is 0.133. The van der Waals surface area contributed by atoms with Crippen molar-refractivity contribution in [2.45, 2.75) is 19.1 Å². The topological polar surface area (TPSA) is 116 Å². The molecule has 0 saturated heterocycles. The lowest BCUT2D eigenvalue weighted by molar-refractivity contribution is 0.102. The number of fused-ring (bicyclic) bond motifs is 1. The Morgan fingerprint density at radius 3 is 2.63 bits per heavy atom. The number of benzene rings is 2. The van der Waals surface area contributed by atoms with E-state index in [0.717, 1.165) is 3.97 Å². The van der Waals surface area contributed by atoms with Gasteiger partial charge in [0.15, 0.2) is 0 Å². The van der Waals surface area contributed by atoms with Crippen LogP contribution in [0.2, 0.25) is 0 Å². The van der Waals surface area contributed by atoms with Gasteiger partial charge in [0.1, 0.15) is 5.75 Å². The van der Waals surface area contributed by atoms with Crippen LogP contribution >= 0.6 is 0 Å². The van der Waals surface area contributed by atoms with Crippen LogP contribution in [0.25, 0.3) is 11.0 Å². The van der Waals surface area contributed by atoms with Crippen molar-refractivity contribution in [3.63, 3.8) is 0 Å². The van der Waals surface area contributed by atoms with Crippen molar-refractivity contribution in [2.24, 2.45) is 0 Å². The third-order valence-corrected chi connectivity index (χ3v) is 6.16. The molecule has 0 aliphatic rings. The Labute approximate surface area is 157 Å². The third kappa shape index (κ3) is 3.45. The number of aromatic nitrogens is 2. The Bertz CT molecular complexity index is 1120. The van der Waals surface area contributed by atoms with Gasteiger partial charge in [-0.05, 0) is 50.2 Å². The standard InChI is InChI=1S/C18H20N4O4S/c1-11(2)27(24,25)22-16-8-7-13(10-15(16)21-18(22)19)20-17(23)12-5-4-6-14(9-12)26-3/h4-11H,1-3H3,(H2,19,21)(H,20,23). The highest BCUT2D eigenvalue weighted by atomic mass is 32.2. The van der Waals surface area contributed by atoms with E-state index in [1.54, 1.807) is 56.3 Å². The van der Waals surface area contributed by atoms with Crippen LogP contribution in [0.5, 0.6) is 5.75 Å². The molecule has 142 valence electrons. The first-order chi connectivity index (χ1) is 12.7. The Morgan fingerprint density at radius 2 is 1.96 bits per heavy atom. The van der Waals surface area contributed by atoms with Crippen molar-refractivity contribution >= 4 is 38.6 Å². The number of ether oxygens (including phenoxy) is 1. The molecule has 8 nitrogen and oxygen atoms in total. The lowest BCUT2D eigenvalue weighted by Crippen LogP contribution is -2.23. The summed E-state index contributed by atoms with van der Waals surface area (Å²) in [6.07, 6.45) is 0. The second-order valence-corrected chi connectivity index (χ2v) is 8.56. The van der Waals surface area contributed by atoms with Crippen molar-refractivity contribution < 1.29 is 17.9 Å². The SMILES string of the molecule is COc1cccc(C(=O)Nc2ccc3c(c2)nc(N)n3S(=O)(=O)C(C)C)c1. The summed E-state index contributed by atoms with van der Waals surface area (Å²) in [7, 11) is -2.12. The number of rotatable bonds is 5. The van der Waals surface area contributed by atoms with Crippen molar-refractivity contribution in [3.8, 4) is 5.75 Å². The summed E-state index contributed by atoms with van der Waals surface area (Å²) in [6, 6.07) is 11.5. The molecule has 0 fully saturated rings. The summed E-state index contributed by atoms with van der Waals surface area (Å²) in [6.45, 7) is 3.15. The lowest BCUT2D eigenvalue weighted by atomic mass is 10.2. The second-order valence-electron chi connectivity index (χ2n) is 6.22. The van der Waals surface area contributed by atoms with Gasteiger partial charge in [-0.1, -0.05) is 6.07 Å². The highest BCUT2D eigenvalue weighted by Gasteiger charge is 2.24. The van der Waals surface area contributed by atoms with E-state index in [-0.39, 0.29) is 11.9 Å². The summed E-state index contributed by atoms with van der Waals surface area (Å²) in [5.41, 5.74) is 7.47. The quantitative estimate of drug-likeness (QED) is 0.693. The van der Waals surface area contributed by atoms with Gasteiger partial charge in [0.25, 0.3) is 5.91 Å². The van der Waals surface area contributed by atoms with Gasteiger partial charge in [0.05, 0.1) is 23.4 Å². The smallest absolute Gasteiger partial charge is 0.255 e. The van der Waals surface area contributed by atoms with Crippen molar-refractivity contribution in [2.75, 3.05) is 18.2 Å². The molecule has 9 heteroatoms. The molecule has 0 aliphatic carbocycles. The molecule has 3 rings (SSSR count). The number of hydrogen-bond acceptors (Lipinski definition) is 6. The van der Waals surface area contributed by atoms with Gasteiger partial charge >= 0.3 is 0 Å². The monoisotopic (exact) mass is 388 g/mol. The van der Waals surface area contributed by atoms with E-state index in [4.69, 9.17) is 10.5 Å². The number of imidazole rings is 1. The number of methoxy groups -OCH3 is 1. The fraction of sp³-hybridized carbons (Fsp3) is 0.222. The fourth-order valence-corrected chi connectivity index (χ4v) is 3.75. The van der Waals surface area contributed by atoms with Crippen LogP contribution in [0.1, 0.15) is 24.2 Å². The molecule has 0 atom stereocenters. The molecule has 0 unspecified atom stereocenters. The minimum atomic E-state index is -3.65.